The van der Waals surface area contributed by atoms with E-state index in [0.717, 1.165) is 16.7 Å². The first-order valence-electron chi connectivity index (χ1n) is 6.34. The molecule has 94 valence electrons. The number of rotatable bonds is 3. The Bertz CT molecular complexity index is 692. The summed E-state index contributed by atoms with van der Waals surface area (Å²) in [7, 11) is 0. The molecule has 0 aliphatic carbocycles. The Kier molecular flexibility index (Phi) is 3.15. The maximum atomic E-state index is 5.93. The highest BCUT2D eigenvalue weighted by atomic mass is 16.5. The van der Waals surface area contributed by atoms with E-state index in [1.807, 2.05) is 24.3 Å². The van der Waals surface area contributed by atoms with Crippen molar-refractivity contribution in [2.24, 2.45) is 0 Å². The minimum absolute atomic E-state index is 0.565. The van der Waals surface area contributed by atoms with Crippen molar-refractivity contribution in [3.05, 3.63) is 72.1 Å². The fourth-order valence-corrected chi connectivity index (χ4v) is 2.19. The molecule has 2 aromatic carbocycles. The van der Waals surface area contributed by atoms with Crippen LogP contribution >= 0.6 is 0 Å². The van der Waals surface area contributed by atoms with Gasteiger partial charge in [-0.2, -0.15) is 0 Å². The molecular weight excluding hydrogens is 234 g/mol. The Morgan fingerprint density at radius 3 is 2.42 bits per heavy atom. The van der Waals surface area contributed by atoms with Crippen molar-refractivity contribution in [2.75, 3.05) is 0 Å². The van der Waals surface area contributed by atoms with Gasteiger partial charge in [0.05, 0.1) is 0 Å². The van der Waals surface area contributed by atoms with Gasteiger partial charge >= 0.3 is 0 Å². The molecule has 3 rings (SSSR count). The van der Waals surface area contributed by atoms with Gasteiger partial charge in [0.25, 0.3) is 0 Å². The molecule has 0 saturated heterocycles. The average molecular weight is 249 g/mol. The van der Waals surface area contributed by atoms with E-state index in [0.29, 0.717) is 6.61 Å². The average Bonchev–Trinajstić information content (AvgIpc) is 2.48. The number of benzene rings is 2. The first kappa shape index (κ1) is 11.7. The lowest BCUT2D eigenvalue weighted by Gasteiger charge is -2.11. The zero-order valence-corrected chi connectivity index (χ0v) is 10.8. The first-order chi connectivity index (χ1) is 9.34. The second-order valence-corrected chi connectivity index (χ2v) is 4.57. The summed E-state index contributed by atoms with van der Waals surface area (Å²) in [4.78, 5) is 4.01. The van der Waals surface area contributed by atoms with Crippen LogP contribution in [0.4, 0.5) is 0 Å². The molecule has 0 saturated carbocycles. The number of aryl methyl sites for hydroxylation is 1. The molecule has 2 heteroatoms. The third-order valence-electron chi connectivity index (χ3n) is 3.25. The smallest absolute Gasteiger partial charge is 0.127 e. The molecule has 0 aliphatic rings. The zero-order chi connectivity index (χ0) is 13.1. The molecule has 19 heavy (non-hydrogen) atoms. The quantitative estimate of drug-likeness (QED) is 0.696. The summed E-state index contributed by atoms with van der Waals surface area (Å²) < 4.78 is 5.93. The molecule has 0 bridgehead atoms. The van der Waals surface area contributed by atoms with Crippen molar-refractivity contribution >= 4 is 10.8 Å². The van der Waals surface area contributed by atoms with E-state index in [2.05, 4.69) is 36.2 Å². The molecule has 0 spiro atoms. The van der Waals surface area contributed by atoms with Crippen LogP contribution in [0.25, 0.3) is 10.8 Å². The minimum atomic E-state index is 0.565. The SMILES string of the molecule is Cc1ccc(OCc2ccncc2)c2ccccc12. The van der Waals surface area contributed by atoms with Gasteiger partial charge in [-0.05, 0) is 41.6 Å². The molecular formula is C17H15NO. The van der Waals surface area contributed by atoms with Crippen LogP contribution in [-0.2, 0) is 6.61 Å². The lowest BCUT2D eigenvalue weighted by Crippen LogP contribution is -1.96. The standard InChI is InChI=1S/C17H15NO/c1-13-6-7-17(16-5-3-2-4-15(13)16)19-12-14-8-10-18-11-9-14/h2-11H,12H2,1H3. The van der Waals surface area contributed by atoms with Crippen LogP contribution in [0.5, 0.6) is 5.75 Å². The number of fused-ring (bicyclic) bond motifs is 1. The number of hydrogen-bond donors (Lipinski definition) is 0. The fraction of sp³-hybridized carbons (Fsp3) is 0.118. The number of aromatic nitrogens is 1. The van der Waals surface area contributed by atoms with Crippen molar-refractivity contribution in [3.8, 4) is 5.75 Å². The number of ether oxygens (including phenoxy) is 1. The van der Waals surface area contributed by atoms with Crippen LogP contribution in [0.2, 0.25) is 0 Å². The Balaban J connectivity index is 1.91. The van der Waals surface area contributed by atoms with Gasteiger partial charge in [-0.25, -0.2) is 0 Å². The number of hydrogen-bond acceptors (Lipinski definition) is 2. The Morgan fingerprint density at radius 2 is 1.63 bits per heavy atom. The number of pyridine rings is 1. The van der Waals surface area contributed by atoms with Gasteiger partial charge in [-0.1, -0.05) is 30.3 Å². The lowest BCUT2D eigenvalue weighted by atomic mass is 10.0. The molecule has 3 aromatic rings. The van der Waals surface area contributed by atoms with E-state index >= 15 is 0 Å². The second kappa shape index (κ2) is 5.11. The minimum Gasteiger partial charge on any atom is -0.488 e. The van der Waals surface area contributed by atoms with Crippen molar-refractivity contribution in [1.29, 1.82) is 0 Å². The van der Waals surface area contributed by atoms with Crippen LogP contribution in [0.1, 0.15) is 11.1 Å². The third-order valence-corrected chi connectivity index (χ3v) is 3.25. The van der Waals surface area contributed by atoms with Crippen LogP contribution in [0.3, 0.4) is 0 Å². The molecule has 1 aromatic heterocycles. The van der Waals surface area contributed by atoms with Gasteiger partial charge in [-0.15, -0.1) is 0 Å². The first-order valence-corrected chi connectivity index (χ1v) is 6.34. The Hall–Kier alpha value is -2.35. The molecule has 0 atom stereocenters. The van der Waals surface area contributed by atoms with E-state index in [4.69, 9.17) is 4.74 Å². The maximum absolute atomic E-state index is 5.93. The maximum Gasteiger partial charge on any atom is 0.127 e. The van der Waals surface area contributed by atoms with Crippen molar-refractivity contribution in [1.82, 2.24) is 4.98 Å². The summed E-state index contributed by atoms with van der Waals surface area (Å²) in [5.41, 5.74) is 2.39. The normalized spacial score (nSPS) is 10.6. The summed E-state index contributed by atoms with van der Waals surface area (Å²) in [6, 6.07) is 16.4. The van der Waals surface area contributed by atoms with Gasteiger partial charge in [0.1, 0.15) is 12.4 Å². The topological polar surface area (TPSA) is 22.1 Å². The Labute approximate surface area is 112 Å². The van der Waals surface area contributed by atoms with Crippen molar-refractivity contribution in [2.45, 2.75) is 13.5 Å². The monoisotopic (exact) mass is 249 g/mol. The molecule has 0 radical (unpaired) electrons. The van der Waals surface area contributed by atoms with Gasteiger partial charge in [0, 0.05) is 17.8 Å². The molecule has 2 nitrogen and oxygen atoms in total. The third kappa shape index (κ3) is 2.43. The highest BCUT2D eigenvalue weighted by molar-refractivity contribution is 5.90. The van der Waals surface area contributed by atoms with Crippen LogP contribution < -0.4 is 4.74 Å². The molecule has 0 unspecified atom stereocenters. The van der Waals surface area contributed by atoms with Crippen LogP contribution in [0, 0.1) is 6.92 Å². The molecule has 0 aliphatic heterocycles. The fourth-order valence-electron chi connectivity index (χ4n) is 2.19. The Morgan fingerprint density at radius 1 is 0.895 bits per heavy atom. The van der Waals surface area contributed by atoms with Crippen LogP contribution in [0.15, 0.2) is 60.9 Å². The summed E-state index contributed by atoms with van der Waals surface area (Å²) in [5.74, 6) is 0.929. The van der Waals surface area contributed by atoms with E-state index in [9.17, 15) is 0 Å². The van der Waals surface area contributed by atoms with Gasteiger partial charge in [-0.3, -0.25) is 4.98 Å². The molecule has 0 amide bonds. The van der Waals surface area contributed by atoms with Gasteiger partial charge < -0.3 is 4.74 Å². The summed E-state index contributed by atoms with van der Waals surface area (Å²) in [6.45, 7) is 2.69. The van der Waals surface area contributed by atoms with E-state index < -0.39 is 0 Å². The summed E-state index contributed by atoms with van der Waals surface area (Å²) in [5, 5.41) is 2.41. The van der Waals surface area contributed by atoms with Crippen LogP contribution in [-0.4, -0.2) is 4.98 Å². The second-order valence-electron chi connectivity index (χ2n) is 4.57. The predicted molar refractivity (Wildman–Crippen MR) is 77.3 cm³/mol. The van der Waals surface area contributed by atoms with Gasteiger partial charge in [0.15, 0.2) is 0 Å². The van der Waals surface area contributed by atoms with Gasteiger partial charge in [0.2, 0.25) is 0 Å². The van der Waals surface area contributed by atoms with Crippen molar-refractivity contribution < 1.29 is 4.74 Å². The van der Waals surface area contributed by atoms with Crippen molar-refractivity contribution in [3.63, 3.8) is 0 Å². The van der Waals surface area contributed by atoms with E-state index in [-0.39, 0.29) is 0 Å². The summed E-state index contributed by atoms with van der Waals surface area (Å²) >= 11 is 0. The largest absolute Gasteiger partial charge is 0.488 e. The molecule has 0 N–H and O–H groups in total. The molecule has 1 heterocycles. The highest BCUT2D eigenvalue weighted by Gasteiger charge is 2.04. The molecule has 0 fully saturated rings. The van der Waals surface area contributed by atoms with E-state index in [1.165, 1.54) is 10.9 Å². The summed E-state index contributed by atoms with van der Waals surface area (Å²) in [6.07, 6.45) is 3.57. The zero-order valence-electron chi connectivity index (χ0n) is 10.8. The highest BCUT2D eigenvalue weighted by Crippen LogP contribution is 2.28. The van der Waals surface area contributed by atoms with E-state index in [1.54, 1.807) is 12.4 Å². The lowest BCUT2D eigenvalue weighted by molar-refractivity contribution is 0.310. The predicted octanol–water partition coefficient (Wildman–Crippen LogP) is 4.12. The number of nitrogens with zero attached hydrogens (tertiary/aromatic N) is 1.